The highest BCUT2D eigenvalue weighted by atomic mass is 16.4. The molecule has 6 nitrogen and oxygen atoms in total. The van der Waals surface area contributed by atoms with Gasteiger partial charge in [0, 0.05) is 5.56 Å². The minimum absolute atomic E-state index is 0. The van der Waals surface area contributed by atoms with Crippen LogP contribution in [-0.4, -0.2) is 27.6 Å². The Bertz CT molecular complexity index is 376. The molecule has 0 amide bonds. The lowest BCUT2D eigenvalue weighted by Crippen LogP contribution is -2.16. The molecule has 0 atom stereocenters. The molecule has 6 N–H and O–H groups in total. The quantitative estimate of drug-likeness (QED) is 0.272. The van der Waals surface area contributed by atoms with Gasteiger partial charge in [-0.2, -0.15) is 0 Å². The summed E-state index contributed by atoms with van der Waals surface area (Å²) in [5, 5.41) is 19.9. The van der Waals surface area contributed by atoms with E-state index in [1.54, 1.807) is 24.3 Å². The van der Waals surface area contributed by atoms with E-state index in [4.69, 9.17) is 16.0 Å². The molecular weight excluding hydrogens is 200 g/mol. The van der Waals surface area contributed by atoms with E-state index in [0.717, 1.165) is 0 Å². The molecule has 0 heterocycles. The Labute approximate surface area is 85.9 Å². The summed E-state index contributed by atoms with van der Waals surface area (Å²) in [6, 6.07) is 6.62. The maximum Gasteiger partial charge on any atom is 0.307 e. The van der Waals surface area contributed by atoms with Gasteiger partial charge in [0.2, 0.25) is 0 Å². The third-order valence-electron chi connectivity index (χ3n) is 1.74. The van der Waals surface area contributed by atoms with E-state index < -0.39 is 5.97 Å². The second-order valence-corrected chi connectivity index (χ2v) is 2.71. The molecule has 15 heavy (non-hydrogen) atoms. The molecular formula is C9H12N2O4. The van der Waals surface area contributed by atoms with Crippen LogP contribution in [0.3, 0.4) is 0 Å². The van der Waals surface area contributed by atoms with Crippen molar-refractivity contribution < 1.29 is 20.6 Å². The normalized spacial score (nSPS) is 10.5. The van der Waals surface area contributed by atoms with Crippen molar-refractivity contribution in [2.45, 2.75) is 6.42 Å². The Kier molecular flexibility index (Phi) is 4.83. The fourth-order valence-corrected chi connectivity index (χ4v) is 1.14. The first kappa shape index (κ1) is 12.9. The molecule has 0 saturated heterocycles. The van der Waals surface area contributed by atoms with Crippen LogP contribution in [0.4, 0.5) is 0 Å². The van der Waals surface area contributed by atoms with E-state index in [1.165, 1.54) is 0 Å². The molecule has 0 fully saturated rings. The zero-order chi connectivity index (χ0) is 10.6. The first-order valence-electron chi connectivity index (χ1n) is 3.92. The average Bonchev–Trinajstić information content (AvgIpc) is 2.16. The second kappa shape index (κ2) is 5.61. The van der Waals surface area contributed by atoms with Gasteiger partial charge in [-0.15, -0.1) is 0 Å². The van der Waals surface area contributed by atoms with Crippen LogP contribution in [0.1, 0.15) is 11.1 Å². The monoisotopic (exact) mass is 212 g/mol. The highest BCUT2D eigenvalue weighted by Crippen LogP contribution is 2.09. The summed E-state index contributed by atoms with van der Waals surface area (Å²) in [5.74, 6) is -1.04. The fourth-order valence-electron chi connectivity index (χ4n) is 1.14. The van der Waals surface area contributed by atoms with Crippen molar-refractivity contribution in [3.8, 4) is 0 Å². The average molecular weight is 212 g/mol. The topological polar surface area (TPSA) is 127 Å². The van der Waals surface area contributed by atoms with Gasteiger partial charge in [0.05, 0.1) is 6.42 Å². The Hall–Kier alpha value is -2.08. The number of nitrogens with two attached hydrogens (primary N) is 1. The van der Waals surface area contributed by atoms with Gasteiger partial charge < -0.3 is 21.5 Å². The van der Waals surface area contributed by atoms with Gasteiger partial charge in [0.25, 0.3) is 0 Å². The van der Waals surface area contributed by atoms with Gasteiger partial charge >= 0.3 is 5.97 Å². The second-order valence-electron chi connectivity index (χ2n) is 2.71. The molecule has 82 valence electrons. The van der Waals surface area contributed by atoms with E-state index in [0.29, 0.717) is 11.1 Å². The minimum atomic E-state index is -0.955. The Morgan fingerprint density at radius 3 is 2.53 bits per heavy atom. The summed E-state index contributed by atoms with van der Waals surface area (Å²) in [4.78, 5) is 10.5. The number of oxime groups is 1. The van der Waals surface area contributed by atoms with Crippen molar-refractivity contribution in [2.75, 3.05) is 0 Å². The number of aliphatic carboxylic acids is 1. The van der Waals surface area contributed by atoms with Crippen LogP contribution >= 0.6 is 0 Å². The number of carbonyl (C=O) groups is 1. The number of hydrogen-bond donors (Lipinski definition) is 3. The van der Waals surface area contributed by atoms with Crippen LogP contribution in [0.5, 0.6) is 0 Å². The lowest BCUT2D eigenvalue weighted by molar-refractivity contribution is -0.136. The van der Waals surface area contributed by atoms with Crippen LogP contribution in [-0.2, 0) is 11.2 Å². The number of rotatable bonds is 3. The van der Waals surface area contributed by atoms with Crippen molar-refractivity contribution >= 4 is 11.8 Å². The fraction of sp³-hybridized carbons (Fsp3) is 0.111. The molecule has 6 heteroatoms. The van der Waals surface area contributed by atoms with Crippen LogP contribution in [0.2, 0.25) is 0 Å². The van der Waals surface area contributed by atoms with Gasteiger partial charge in [0.1, 0.15) is 0 Å². The predicted molar refractivity (Wildman–Crippen MR) is 53.9 cm³/mol. The SMILES string of the molecule is NC(=NO)c1ccccc1CC(=O)O.O. The molecule has 1 rings (SSSR count). The number of benzene rings is 1. The highest BCUT2D eigenvalue weighted by molar-refractivity contribution is 5.99. The number of carboxylic acid groups (broad SMARTS) is 1. The number of nitrogens with zero attached hydrogens (tertiary/aromatic N) is 1. The third-order valence-corrected chi connectivity index (χ3v) is 1.74. The number of hydrogen-bond acceptors (Lipinski definition) is 3. The van der Waals surface area contributed by atoms with Crippen molar-refractivity contribution in [1.29, 1.82) is 0 Å². The molecule has 1 aromatic carbocycles. The Morgan fingerprint density at radius 1 is 1.40 bits per heavy atom. The summed E-state index contributed by atoms with van der Waals surface area (Å²) >= 11 is 0. The summed E-state index contributed by atoms with van der Waals surface area (Å²) in [6.45, 7) is 0. The van der Waals surface area contributed by atoms with Crippen LogP contribution < -0.4 is 5.73 Å². The summed E-state index contributed by atoms with van der Waals surface area (Å²) in [6.07, 6.45) is -0.146. The standard InChI is InChI=1S/C9H10N2O3.H2O/c10-9(11-14)7-4-2-1-3-6(7)5-8(12)13;/h1-4,14H,5H2,(H2,10,11)(H,12,13);1H2. The minimum Gasteiger partial charge on any atom is -0.481 e. The van der Waals surface area contributed by atoms with Crippen molar-refractivity contribution in [3.63, 3.8) is 0 Å². The van der Waals surface area contributed by atoms with E-state index in [-0.39, 0.29) is 17.7 Å². The van der Waals surface area contributed by atoms with Gasteiger partial charge in [-0.05, 0) is 5.56 Å². The summed E-state index contributed by atoms with van der Waals surface area (Å²) in [5.41, 5.74) is 6.34. The molecule has 1 aromatic rings. The zero-order valence-electron chi connectivity index (χ0n) is 7.84. The lowest BCUT2D eigenvalue weighted by Gasteiger charge is -2.04. The van der Waals surface area contributed by atoms with Gasteiger partial charge in [0.15, 0.2) is 5.84 Å². The molecule has 0 unspecified atom stereocenters. The van der Waals surface area contributed by atoms with E-state index in [1.807, 2.05) is 0 Å². The molecule has 0 aliphatic carbocycles. The molecule has 0 spiro atoms. The Balaban J connectivity index is 0.00000196. The van der Waals surface area contributed by atoms with Crippen molar-refractivity contribution in [3.05, 3.63) is 35.4 Å². The van der Waals surface area contributed by atoms with Gasteiger partial charge in [-0.25, -0.2) is 0 Å². The van der Waals surface area contributed by atoms with Gasteiger partial charge in [-0.1, -0.05) is 29.4 Å². The van der Waals surface area contributed by atoms with Crippen LogP contribution in [0.25, 0.3) is 0 Å². The first-order chi connectivity index (χ1) is 6.65. The van der Waals surface area contributed by atoms with E-state index in [2.05, 4.69) is 5.16 Å². The smallest absolute Gasteiger partial charge is 0.307 e. The molecule has 0 bridgehead atoms. The van der Waals surface area contributed by atoms with Gasteiger partial charge in [-0.3, -0.25) is 4.79 Å². The Morgan fingerprint density at radius 2 is 2.00 bits per heavy atom. The number of carboxylic acids is 1. The lowest BCUT2D eigenvalue weighted by atomic mass is 10.0. The highest BCUT2D eigenvalue weighted by Gasteiger charge is 2.08. The molecule has 0 saturated carbocycles. The summed E-state index contributed by atoms with van der Waals surface area (Å²) < 4.78 is 0. The largest absolute Gasteiger partial charge is 0.481 e. The van der Waals surface area contributed by atoms with Crippen molar-refractivity contribution in [1.82, 2.24) is 0 Å². The molecule has 0 aromatic heterocycles. The van der Waals surface area contributed by atoms with E-state index in [9.17, 15) is 4.79 Å². The van der Waals surface area contributed by atoms with E-state index >= 15 is 0 Å². The van der Waals surface area contributed by atoms with Crippen molar-refractivity contribution in [2.24, 2.45) is 10.9 Å². The maximum atomic E-state index is 10.5. The first-order valence-corrected chi connectivity index (χ1v) is 3.92. The molecule has 0 aliphatic heterocycles. The number of amidine groups is 1. The third kappa shape index (κ3) is 3.28. The van der Waals surface area contributed by atoms with Crippen LogP contribution in [0.15, 0.2) is 29.4 Å². The molecule has 0 radical (unpaired) electrons. The van der Waals surface area contributed by atoms with Crippen LogP contribution in [0, 0.1) is 0 Å². The summed E-state index contributed by atoms with van der Waals surface area (Å²) in [7, 11) is 0. The zero-order valence-corrected chi connectivity index (χ0v) is 7.84. The predicted octanol–water partition coefficient (Wildman–Crippen LogP) is -0.417. The maximum absolute atomic E-state index is 10.5. The molecule has 0 aliphatic rings.